The molecule has 0 spiro atoms. The molecular formula is C13H18O2. The predicted octanol–water partition coefficient (Wildman–Crippen LogP) is 2.94. The van der Waals surface area contributed by atoms with Crippen molar-refractivity contribution < 1.29 is 9.47 Å². The average Bonchev–Trinajstić information content (AvgIpc) is 2.65. The van der Waals surface area contributed by atoms with Crippen molar-refractivity contribution in [2.45, 2.75) is 38.6 Å². The maximum atomic E-state index is 5.63. The molecule has 1 fully saturated rings. The second-order valence-electron chi connectivity index (χ2n) is 4.26. The molecule has 0 N–H and O–H groups in total. The zero-order valence-electron chi connectivity index (χ0n) is 9.35. The van der Waals surface area contributed by atoms with Crippen LogP contribution in [0.15, 0.2) is 30.3 Å². The van der Waals surface area contributed by atoms with Gasteiger partial charge in [0, 0.05) is 6.42 Å². The van der Waals surface area contributed by atoms with Crippen LogP contribution in [0.1, 0.15) is 31.7 Å². The molecule has 0 aromatic heterocycles. The maximum Gasteiger partial charge on any atom is 0.158 e. The lowest BCUT2D eigenvalue weighted by molar-refractivity contribution is -0.0624. The van der Waals surface area contributed by atoms with Crippen molar-refractivity contribution in [2.75, 3.05) is 6.61 Å². The Morgan fingerprint density at radius 2 is 2.07 bits per heavy atom. The molecule has 1 heterocycles. The molecule has 2 nitrogen and oxygen atoms in total. The third-order valence-corrected chi connectivity index (χ3v) is 2.82. The van der Waals surface area contributed by atoms with Gasteiger partial charge in [-0.05, 0) is 18.4 Å². The van der Waals surface area contributed by atoms with E-state index in [1.54, 1.807) is 0 Å². The summed E-state index contributed by atoms with van der Waals surface area (Å²) in [4.78, 5) is 0. The third kappa shape index (κ3) is 2.80. The van der Waals surface area contributed by atoms with Gasteiger partial charge >= 0.3 is 0 Å². The van der Waals surface area contributed by atoms with E-state index in [-0.39, 0.29) is 12.4 Å². The first-order chi connectivity index (χ1) is 7.25. The summed E-state index contributed by atoms with van der Waals surface area (Å²) in [6, 6.07) is 10.5. The molecule has 0 unspecified atom stereocenters. The molecule has 3 atom stereocenters. The number of ether oxygens (including phenoxy) is 2. The van der Waals surface area contributed by atoms with E-state index in [1.165, 1.54) is 5.56 Å². The van der Waals surface area contributed by atoms with Gasteiger partial charge in [0.25, 0.3) is 0 Å². The van der Waals surface area contributed by atoms with Crippen LogP contribution in [-0.4, -0.2) is 19.0 Å². The van der Waals surface area contributed by atoms with Crippen molar-refractivity contribution in [1.82, 2.24) is 0 Å². The van der Waals surface area contributed by atoms with Crippen LogP contribution in [0.4, 0.5) is 0 Å². The van der Waals surface area contributed by atoms with Crippen molar-refractivity contribution >= 4 is 0 Å². The molecule has 1 aromatic carbocycles. The third-order valence-electron chi connectivity index (χ3n) is 2.82. The van der Waals surface area contributed by atoms with Crippen LogP contribution in [0.5, 0.6) is 0 Å². The van der Waals surface area contributed by atoms with Gasteiger partial charge in [-0.3, -0.25) is 0 Å². The Hall–Kier alpha value is -0.860. The number of hydrogen-bond donors (Lipinski definition) is 0. The normalized spacial score (nSPS) is 27.9. The van der Waals surface area contributed by atoms with Gasteiger partial charge in [0.15, 0.2) is 6.29 Å². The van der Waals surface area contributed by atoms with Gasteiger partial charge in [-0.25, -0.2) is 0 Å². The average molecular weight is 206 g/mol. The molecule has 0 saturated carbocycles. The Kier molecular flexibility index (Phi) is 3.39. The van der Waals surface area contributed by atoms with Gasteiger partial charge in [-0.15, -0.1) is 0 Å². The summed E-state index contributed by atoms with van der Waals surface area (Å²) in [7, 11) is 0. The van der Waals surface area contributed by atoms with Crippen molar-refractivity contribution in [3.05, 3.63) is 35.9 Å². The SMILES string of the molecule is C[C@@H]1CO[C@@H](C[C@H](C)c2ccccc2)O1. The van der Waals surface area contributed by atoms with Gasteiger partial charge in [0.05, 0.1) is 12.7 Å². The molecule has 2 heteroatoms. The smallest absolute Gasteiger partial charge is 0.158 e. The van der Waals surface area contributed by atoms with E-state index in [2.05, 4.69) is 31.2 Å². The summed E-state index contributed by atoms with van der Waals surface area (Å²) < 4.78 is 11.2. The summed E-state index contributed by atoms with van der Waals surface area (Å²) >= 11 is 0. The number of benzene rings is 1. The minimum absolute atomic E-state index is 0.0183. The van der Waals surface area contributed by atoms with Gasteiger partial charge in [-0.2, -0.15) is 0 Å². The summed E-state index contributed by atoms with van der Waals surface area (Å²) in [6.45, 7) is 4.99. The molecular weight excluding hydrogens is 188 g/mol. The summed E-state index contributed by atoms with van der Waals surface area (Å²) in [5.74, 6) is 0.487. The molecule has 0 amide bonds. The molecule has 1 aromatic rings. The summed E-state index contributed by atoms with van der Waals surface area (Å²) in [5.41, 5.74) is 1.35. The summed E-state index contributed by atoms with van der Waals surface area (Å²) in [6.07, 6.45) is 1.17. The van der Waals surface area contributed by atoms with Crippen LogP contribution in [0.2, 0.25) is 0 Å². The summed E-state index contributed by atoms with van der Waals surface area (Å²) in [5, 5.41) is 0. The minimum Gasteiger partial charge on any atom is -0.350 e. The molecule has 2 rings (SSSR count). The Bertz CT molecular complexity index is 297. The molecule has 1 saturated heterocycles. The number of rotatable bonds is 3. The Morgan fingerprint density at radius 3 is 2.67 bits per heavy atom. The van der Waals surface area contributed by atoms with Crippen LogP contribution >= 0.6 is 0 Å². The molecule has 1 aliphatic rings. The monoisotopic (exact) mass is 206 g/mol. The van der Waals surface area contributed by atoms with Crippen LogP contribution in [0, 0.1) is 0 Å². The molecule has 1 aliphatic heterocycles. The highest BCUT2D eigenvalue weighted by Gasteiger charge is 2.24. The molecule has 0 aliphatic carbocycles. The molecule has 15 heavy (non-hydrogen) atoms. The van der Waals surface area contributed by atoms with Crippen LogP contribution in [0.3, 0.4) is 0 Å². The molecule has 0 radical (unpaired) electrons. The Morgan fingerprint density at radius 1 is 1.33 bits per heavy atom. The van der Waals surface area contributed by atoms with Crippen molar-refractivity contribution in [1.29, 1.82) is 0 Å². The van der Waals surface area contributed by atoms with Gasteiger partial charge in [-0.1, -0.05) is 37.3 Å². The molecule has 82 valence electrons. The fraction of sp³-hybridized carbons (Fsp3) is 0.538. The van der Waals surface area contributed by atoms with Gasteiger partial charge in [0.2, 0.25) is 0 Å². The van der Waals surface area contributed by atoms with E-state index in [4.69, 9.17) is 9.47 Å². The Balaban J connectivity index is 1.90. The highest BCUT2D eigenvalue weighted by molar-refractivity contribution is 5.18. The predicted molar refractivity (Wildman–Crippen MR) is 59.8 cm³/mol. The topological polar surface area (TPSA) is 18.5 Å². The quantitative estimate of drug-likeness (QED) is 0.757. The molecule has 0 bridgehead atoms. The maximum absolute atomic E-state index is 5.63. The van der Waals surface area contributed by atoms with Crippen molar-refractivity contribution in [2.24, 2.45) is 0 Å². The first kappa shape index (κ1) is 10.7. The lowest BCUT2D eigenvalue weighted by Crippen LogP contribution is -2.12. The standard InChI is InChI=1S/C13H18O2/c1-10(12-6-4-3-5-7-12)8-13-14-9-11(2)15-13/h3-7,10-11,13H,8-9H2,1-2H3/t10-,11+,13+/m0/s1. The van der Waals surface area contributed by atoms with E-state index in [1.807, 2.05) is 13.0 Å². The van der Waals surface area contributed by atoms with E-state index in [9.17, 15) is 0 Å². The number of hydrogen-bond acceptors (Lipinski definition) is 2. The first-order valence-corrected chi connectivity index (χ1v) is 5.57. The van der Waals surface area contributed by atoms with E-state index >= 15 is 0 Å². The second kappa shape index (κ2) is 4.77. The largest absolute Gasteiger partial charge is 0.350 e. The van der Waals surface area contributed by atoms with E-state index < -0.39 is 0 Å². The first-order valence-electron chi connectivity index (χ1n) is 5.57. The minimum atomic E-state index is -0.0183. The lowest BCUT2D eigenvalue weighted by Gasteiger charge is -2.16. The zero-order valence-corrected chi connectivity index (χ0v) is 9.35. The van der Waals surface area contributed by atoms with Crippen LogP contribution in [0.25, 0.3) is 0 Å². The van der Waals surface area contributed by atoms with E-state index in [0.717, 1.165) is 13.0 Å². The lowest BCUT2D eigenvalue weighted by atomic mass is 9.98. The highest BCUT2D eigenvalue weighted by Crippen LogP contribution is 2.25. The van der Waals surface area contributed by atoms with Crippen LogP contribution in [-0.2, 0) is 9.47 Å². The van der Waals surface area contributed by atoms with Crippen LogP contribution < -0.4 is 0 Å². The fourth-order valence-corrected chi connectivity index (χ4v) is 1.91. The zero-order chi connectivity index (χ0) is 10.7. The van der Waals surface area contributed by atoms with Crippen molar-refractivity contribution in [3.63, 3.8) is 0 Å². The highest BCUT2D eigenvalue weighted by atomic mass is 16.7. The van der Waals surface area contributed by atoms with Gasteiger partial charge in [0.1, 0.15) is 0 Å². The fourth-order valence-electron chi connectivity index (χ4n) is 1.91. The van der Waals surface area contributed by atoms with Crippen molar-refractivity contribution in [3.8, 4) is 0 Å². The van der Waals surface area contributed by atoms with E-state index in [0.29, 0.717) is 5.92 Å². The van der Waals surface area contributed by atoms with Gasteiger partial charge < -0.3 is 9.47 Å². The second-order valence-corrected chi connectivity index (χ2v) is 4.26. The Labute approximate surface area is 91.2 Å².